The Bertz CT molecular complexity index is 753. The van der Waals surface area contributed by atoms with Crippen LogP contribution in [0.25, 0.3) is 0 Å². The molecule has 1 N–H and O–H groups in total. The Morgan fingerprint density at radius 2 is 2.17 bits per heavy atom. The quantitative estimate of drug-likeness (QED) is 0.608. The molecule has 0 heterocycles. The summed E-state index contributed by atoms with van der Waals surface area (Å²) >= 11 is 9.23. The summed E-state index contributed by atoms with van der Waals surface area (Å²) < 4.78 is 19.2. The van der Waals surface area contributed by atoms with Gasteiger partial charge in [-0.05, 0) is 48.9 Å². The van der Waals surface area contributed by atoms with Crippen LogP contribution < -0.4 is 10.2 Å². The van der Waals surface area contributed by atoms with E-state index >= 15 is 0 Å². The molecule has 7 heteroatoms. The zero-order valence-electron chi connectivity index (χ0n) is 12.1. The summed E-state index contributed by atoms with van der Waals surface area (Å²) in [6, 6.07) is 9.31. The molecule has 4 nitrogen and oxygen atoms in total. The van der Waals surface area contributed by atoms with Gasteiger partial charge in [0.2, 0.25) is 0 Å². The van der Waals surface area contributed by atoms with E-state index in [9.17, 15) is 9.18 Å². The lowest BCUT2D eigenvalue weighted by molar-refractivity contribution is -0.123. The van der Waals surface area contributed by atoms with E-state index in [-0.39, 0.29) is 11.6 Å². The first-order valence-corrected chi connectivity index (χ1v) is 7.78. The fourth-order valence-corrected chi connectivity index (χ4v) is 2.13. The zero-order valence-corrected chi connectivity index (χ0v) is 14.5. The van der Waals surface area contributed by atoms with E-state index in [1.807, 2.05) is 19.1 Å². The largest absolute Gasteiger partial charge is 0.484 e. The Morgan fingerprint density at radius 1 is 1.39 bits per heavy atom. The number of aryl methyl sites for hydroxylation is 1. The van der Waals surface area contributed by atoms with E-state index in [1.54, 1.807) is 6.07 Å². The lowest BCUT2D eigenvalue weighted by Gasteiger charge is -2.06. The molecule has 0 aliphatic carbocycles. The average Bonchev–Trinajstić information content (AvgIpc) is 2.50. The van der Waals surface area contributed by atoms with Crippen LogP contribution in [0.3, 0.4) is 0 Å². The van der Waals surface area contributed by atoms with Crippen molar-refractivity contribution in [2.75, 3.05) is 6.61 Å². The Balaban J connectivity index is 1.85. The third kappa shape index (κ3) is 5.33. The normalized spacial score (nSPS) is 10.8. The molecule has 2 rings (SSSR count). The van der Waals surface area contributed by atoms with Crippen molar-refractivity contribution in [2.24, 2.45) is 5.10 Å². The fraction of sp³-hybridized carbons (Fsp3) is 0.125. The van der Waals surface area contributed by atoms with E-state index in [0.717, 1.165) is 10.0 Å². The maximum absolute atomic E-state index is 12.9. The minimum atomic E-state index is -0.436. The molecule has 1 amide bonds. The van der Waals surface area contributed by atoms with Gasteiger partial charge in [-0.3, -0.25) is 4.79 Å². The number of hydrazone groups is 1. The minimum absolute atomic E-state index is 0.171. The second-order valence-corrected chi connectivity index (χ2v) is 5.92. The van der Waals surface area contributed by atoms with Gasteiger partial charge in [0.25, 0.3) is 5.91 Å². The monoisotopic (exact) mass is 398 g/mol. The molecule has 0 saturated carbocycles. The Hall–Kier alpha value is -1.92. The summed E-state index contributed by atoms with van der Waals surface area (Å²) in [5.41, 5.74) is 3.82. The molecule has 2 aromatic carbocycles. The predicted octanol–water partition coefficient (Wildman–Crippen LogP) is 4.08. The first-order valence-electron chi connectivity index (χ1n) is 6.61. The van der Waals surface area contributed by atoms with Gasteiger partial charge < -0.3 is 4.74 Å². The van der Waals surface area contributed by atoms with Crippen molar-refractivity contribution in [3.05, 3.63) is 62.8 Å². The van der Waals surface area contributed by atoms with Crippen molar-refractivity contribution in [2.45, 2.75) is 6.92 Å². The highest BCUT2D eigenvalue weighted by molar-refractivity contribution is 9.10. The maximum Gasteiger partial charge on any atom is 0.277 e. The van der Waals surface area contributed by atoms with Crippen LogP contribution in [-0.4, -0.2) is 18.7 Å². The highest BCUT2D eigenvalue weighted by Crippen LogP contribution is 2.21. The Morgan fingerprint density at radius 3 is 2.87 bits per heavy atom. The summed E-state index contributed by atoms with van der Waals surface area (Å²) in [5.74, 6) is -0.263. The highest BCUT2D eigenvalue weighted by atomic mass is 79.9. The van der Waals surface area contributed by atoms with Crippen LogP contribution in [0.2, 0.25) is 5.02 Å². The van der Waals surface area contributed by atoms with Gasteiger partial charge in [-0.15, -0.1) is 0 Å². The molecule has 0 radical (unpaired) electrons. The van der Waals surface area contributed by atoms with Gasteiger partial charge in [0.05, 0.1) is 11.2 Å². The van der Waals surface area contributed by atoms with Gasteiger partial charge in [-0.25, -0.2) is 9.82 Å². The number of nitrogens with one attached hydrogen (secondary N) is 1. The van der Waals surface area contributed by atoms with Crippen LogP contribution in [0.1, 0.15) is 11.1 Å². The number of carbonyl (C=O) groups is 1. The smallest absolute Gasteiger partial charge is 0.277 e. The second-order valence-electron chi connectivity index (χ2n) is 4.66. The van der Waals surface area contributed by atoms with Crippen LogP contribution in [-0.2, 0) is 4.79 Å². The van der Waals surface area contributed by atoms with E-state index in [2.05, 4.69) is 26.5 Å². The third-order valence-corrected chi connectivity index (χ3v) is 4.07. The highest BCUT2D eigenvalue weighted by Gasteiger charge is 2.03. The summed E-state index contributed by atoms with van der Waals surface area (Å²) in [5, 5.41) is 3.97. The molecular weight excluding hydrogens is 387 g/mol. The van der Waals surface area contributed by atoms with Crippen molar-refractivity contribution in [3.63, 3.8) is 0 Å². The average molecular weight is 400 g/mol. The van der Waals surface area contributed by atoms with Crippen molar-refractivity contribution in [1.82, 2.24) is 5.43 Å². The Kier molecular flexibility index (Phi) is 6.12. The number of amides is 1. The van der Waals surface area contributed by atoms with E-state index in [4.69, 9.17) is 16.3 Å². The number of rotatable bonds is 5. The molecule has 0 aliphatic rings. The number of carbonyl (C=O) groups excluding carboxylic acids is 1. The number of hydrogen-bond acceptors (Lipinski definition) is 3. The molecule has 0 fully saturated rings. The maximum atomic E-state index is 12.9. The van der Waals surface area contributed by atoms with Crippen LogP contribution in [0, 0.1) is 12.7 Å². The number of benzene rings is 2. The van der Waals surface area contributed by atoms with Gasteiger partial charge in [0, 0.05) is 10.0 Å². The van der Waals surface area contributed by atoms with Crippen molar-refractivity contribution >= 4 is 39.7 Å². The zero-order chi connectivity index (χ0) is 16.8. The molecule has 120 valence electrons. The molecule has 0 unspecified atom stereocenters. The summed E-state index contributed by atoms with van der Waals surface area (Å²) in [6.45, 7) is 1.75. The lowest BCUT2D eigenvalue weighted by atomic mass is 10.2. The molecule has 2 aromatic rings. The molecule has 0 atom stereocenters. The number of nitrogens with zero attached hydrogens (tertiary/aromatic N) is 1. The second kappa shape index (κ2) is 8.08. The first kappa shape index (κ1) is 17.4. The molecule has 23 heavy (non-hydrogen) atoms. The van der Waals surface area contributed by atoms with Crippen LogP contribution >= 0.6 is 27.5 Å². The molecule has 0 spiro atoms. The molecular formula is C16H13BrClFN2O2. The summed E-state index contributed by atoms with van der Waals surface area (Å²) in [6.07, 6.45) is 1.34. The summed E-state index contributed by atoms with van der Waals surface area (Å²) in [7, 11) is 0. The van der Waals surface area contributed by atoms with Gasteiger partial charge >= 0.3 is 0 Å². The van der Waals surface area contributed by atoms with E-state index < -0.39 is 11.7 Å². The number of hydrogen-bond donors (Lipinski definition) is 1. The van der Waals surface area contributed by atoms with E-state index in [0.29, 0.717) is 11.3 Å². The number of halogens is 3. The van der Waals surface area contributed by atoms with Crippen LogP contribution in [0.5, 0.6) is 5.75 Å². The van der Waals surface area contributed by atoms with Gasteiger partial charge in [0.15, 0.2) is 6.61 Å². The molecule has 0 bridgehead atoms. The topological polar surface area (TPSA) is 50.7 Å². The fourth-order valence-electron chi connectivity index (χ4n) is 1.67. The standard InChI is InChI=1S/C16H13BrClFN2O2/c1-10-6-13(4-5-14(10)17)23-9-16(22)21-20-8-11-2-3-12(19)7-15(11)18/h2-8H,9H2,1H3,(H,21,22). The minimum Gasteiger partial charge on any atom is -0.484 e. The SMILES string of the molecule is Cc1cc(OCC(=O)NN=Cc2ccc(F)cc2Cl)ccc1Br. The van der Waals surface area contributed by atoms with Crippen molar-refractivity contribution in [1.29, 1.82) is 0 Å². The lowest BCUT2D eigenvalue weighted by Crippen LogP contribution is -2.24. The number of ether oxygens (including phenoxy) is 1. The van der Waals surface area contributed by atoms with Gasteiger partial charge in [-0.2, -0.15) is 5.10 Å². The summed E-state index contributed by atoms with van der Waals surface area (Å²) in [4.78, 5) is 11.6. The van der Waals surface area contributed by atoms with Gasteiger partial charge in [-0.1, -0.05) is 27.5 Å². The van der Waals surface area contributed by atoms with Crippen LogP contribution in [0.15, 0.2) is 46.0 Å². The third-order valence-electron chi connectivity index (χ3n) is 2.85. The van der Waals surface area contributed by atoms with Gasteiger partial charge in [0.1, 0.15) is 11.6 Å². The van der Waals surface area contributed by atoms with Crippen molar-refractivity contribution in [3.8, 4) is 5.75 Å². The first-order chi connectivity index (χ1) is 11.0. The molecule has 0 aromatic heterocycles. The molecule has 0 aliphatic heterocycles. The van der Waals surface area contributed by atoms with Crippen LogP contribution in [0.4, 0.5) is 4.39 Å². The molecule has 0 saturated heterocycles. The Labute approximate surface area is 146 Å². The van der Waals surface area contributed by atoms with E-state index in [1.165, 1.54) is 24.4 Å². The van der Waals surface area contributed by atoms with Crippen molar-refractivity contribution < 1.29 is 13.9 Å². The predicted molar refractivity (Wildman–Crippen MR) is 91.5 cm³/mol.